The first-order chi connectivity index (χ1) is 13.6. The molecule has 3 fully saturated rings. The highest BCUT2D eigenvalue weighted by molar-refractivity contribution is 5.83. The van der Waals surface area contributed by atoms with Crippen LogP contribution in [0.3, 0.4) is 0 Å². The number of piperazine rings is 1. The number of anilines is 2. The van der Waals surface area contributed by atoms with E-state index >= 15 is 0 Å². The van der Waals surface area contributed by atoms with Crippen LogP contribution in [0.1, 0.15) is 19.8 Å². The maximum atomic E-state index is 12.4. The van der Waals surface area contributed by atoms with Crippen molar-refractivity contribution < 1.29 is 14.3 Å². The lowest BCUT2D eigenvalue weighted by Crippen LogP contribution is -2.51. The summed E-state index contributed by atoms with van der Waals surface area (Å²) in [5.41, 5.74) is 0. The molecule has 0 bridgehead atoms. The van der Waals surface area contributed by atoms with E-state index in [2.05, 4.69) is 33.0 Å². The number of hydrogen-bond donors (Lipinski definition) is 0. The molecule has 0 aromatic carbocycles. The van der Waals surface area contributed by atoms with Gasteiger partial charge in [-0.05, 0) is 30.9 Å². The number of carbonyl (C=O) groups excluding carboxylic acids is 2. The number of nitrogens with zero attached hydrogens (tertiary/aromatic N) is 6. The molecule has 1 aromatic heterocycles. The summed E-state index contributed by atoms with van der Waals surface area (Å²) in [6, 6.07) is 4.08. The van der Waals surface area contributed by atoms with Crippen LogP contribution >= 0.6 is 0 Å². The summed E-state index contributed by atoms with van der Waals surface area (Å²) in [7, 11) is 0. The van der Waals surface area contributed by atoms with E-state index in [1.165, 1.54) is 17.7 Å². The van der Waals surface area contributed by atoms with Crippen molar-refractivity contribution in [1.29, 1.82) is 0 Å². The van der Waals surface area contributed by atoms with E-state index in [4.69, 9.17) is 4.74 Å². The number of cyclic esters (lactones) is 1. The van der Waals surface area contributed by atoms with Crippen LogP contribution in [-0.4, -0.2) is 91.0 Å². The highest BCUT2D eigenvalue weighted by Crippen LogP contribution is 2.22. The average Bonchev–Trinajstić information content (AvgIpc) is 3.13. The first-order valence-corrected chi connectivity index (χ1v) is 10.1. The zero-order valence-corrected chi connectivity index (χ0v) is 16.4. The van der Waals surface area contributed by atoms with Crippen LogP contribution in [0.5, 0.6) is 0 Å². The highest BCUT2D eigenvalue weighted by Gasteiger charge is 2.28. The van der Waals surface area contributed by atoms with Crippen molar-refractivity contribution in [2.24, 2.45) is 5.92 Å². The van der Waals surface area contributed by atoms with Crippen molar-refractivity contribution in [3.63, 3.8) is 0 Å². The molecule has 2 amide bonds. The second-order valence-electron chi connectivity index (χ2n) is 7.82. The summed E-state index contributed by atoms with van der Waals surface area (Å²) >= 11 is 0. The molecular weight excluding hydrogens is 360 g/mol. The predicted molar refractivity (Wildman–Crippen MR) is 104 cm³/mol. The van der Waals surface area contributed by atoms with Gasteiger partial charge in [-0.3, -0.25) is 9.69 Å². The number of amides is 2. The molecule has 3 saturated heterocycles. The lowest BCUT2D eigenvalue weighted by Gasteiger charge is -2.36. The Hall–Kier alpha value is -2.58. The van der Waals surface area contributed by atoms with E-state index in [-0.39, 0.29) is 12.5 Å². The second kappa shape index (κ2) is 8.20. The maximum Gasteiger partial charge on any atom is 0.410 e. The van der Waals surface area contributed by atoms with Gasteiger partial charge in [-0.2, -0.15) is 0 Å². The minimum Gasteiger partial charge on any atom is -0.448 e. The topological polar surface area (TPSA) is 82.1 Å². The Balaban J connectivity index is 1.27. The van der Waals surface area contributed by atoms with Crippen molar-refractivity contribution in [1.82, 2.24) is 20.0 Å². The van der Waals surface area contributed by atoms with Crippen LogP contribution in [0.25, 0.3) is 0 Å². The first-order valence-electron chi connectivity index (χ1n) is 10.1. The van der Waals surface area contributed by atoms with Gasteiger partial charge in [0.05, 0.1) is 6.54 Å². The summed E-state index contributed by atoms with van der Waals surface area (Å²) in [6.45, 7) is 8.00. The van der Waals surface area contributed by atoms with Crippen molar-refractivity contribution in [2.75, 3.05) is 68.8 Å². The Morgan fingerprint density at radius 1 is 1.00 bits per heavy atom. The standard InChI is InChI=1S/C19H28N6O3/c1-15-4-6-22(7-5-15)16-2-3-17(21-20-16)23-8-10-24(11-9-23)18(26)14-25-12-13-28-19(25)27/h2-3,15H,4-14H2,1H3. The molecule has 9 heteroatoms. The molecule has 152 valence electrons. The lowest BCUT2D eigenvalue weighted by atomic mass is 9.99. The van der Waals surface area contributed by atoms with E-state index in [0.29, 0.717) is 39.3 Å². The number of carbonyl (C=O) groups is 2. The second-order valence-corrected chi connectivity index (χ2v) is 7.82. The smallest absolute Gasteiger partial charge is 0.410 e. The summed E-state index contributed by atoms with van der Waals surface area (Å²) in [4.78, 5) is 31.6. The first kappa shape index (κ1) is 18.8. The van der Waals surface area contributed by atoms with Crippen LogP contribution in [-0.2, 0) is 9.53 Å². The molecule has 9 nitrogen and oxygen atoms in total. The van der Waals surface area contributed by atoms with Crippen molar-refractivity contribution in [3.05, 3.63) is 12.1 Å². The Bertz CT molecular complexity index is 696. The minimum atomic E-state index is -0.398. The molecule has 4 rings (SSSR count). The fourth-order valence-electron chi connectivity index (χ4n) is 3.91. The quantitative estimate of drug-likeness (QED) is 0.755. The van der Waals surface area contributed by atoms with Gasteiger partial charge in [0.2, 0.25) is 5.91 Å². The molecular formula is C19H28N6O3. The Kier molecular flexibility index (Phi) is 5.50. The Morgan fingerprint density at radius 3 is 2.14 bits per heavy atom. The number of ether oxygens (including phenoxy) is 1. The molecule has 0 saturated carbocycles. The largest absolute Gasteiger partial charge is 0.448 e. The van der Waals surface area contributed by atoms with Gasteiger partial charge in [-0.15, -0.1) is 10.2 Å². The number of aromatic nitrogens is 2. The zero-order valence-electron chi connectivity index (χ0n) is 16.4. The molecule has 3 aliphatic heterocycles. The number of hydrogen-bond acceptors (Lipinski definition) is 7. The summed E-state index contributed by atoms with van der Waals surface area (Å²) in [6.07, 6.45) is 2.01. The molecule has 0 spiro atoms. The van der Waals surface area contributed by atoms with E-state index in [1.807, 2.05) is 6.07 Å². The van der Waals surface area contributed by atoms with Gasteiger partial charge in [0.1, 0.15) is 13.2 Å². The third-order valence-electron chi connectivity index (χ3n) is 5.87. The number of piperidine rings is 1. The zero-order chi connectivity index (χ0) is 19.5. The van der Waals surface area contributed by atoms with Gasteiger partial charge in [0.25, 0.3) is 0 Å². The molecule has 3 aliphatic rings. The van der Waals surface area contributed by atoms with E-state index in [0.717, 1.165) is 30.6 Å². The monoisotopic (exact) mass is 388 g/mol. The lowest BCUT2D eigenvalue weighted by molar-refractivity contribution is -0.132. The van der Waals surface area contributed by atoms with Gasteiger partial charge in [0.15, 0.2) is 11.6 Å². The Morgan fingerprint density at radius 2 is 1.61 bits per heavy atom. The van der Waals surface area contributed by atoms with Crippen molar-refractivity contribution >= 4 is 23.6 Å². The van der Waals surface area contributed by atoms with Crippen LogP contribution < -0.4 is 9.80 Å². The third kappa shape index (κ3) is 4.13. The fourth-order valence-corrected chi connectivity index (χ4v) is 3.91. The molecule has 0 unspecified atom stereocenters. The molecule has 0 radical (unpaired) electrons. The summed E-state index contributed by atoms with van der Waals surface area (Å²) in [5, 5.41) is 8.85. The van der Waals surface area contributed by atoms with Gasteiger partial charge >= 0.3 is 6.09 Å². The number of rotatable bonds is 4. The normalized spacial score (nSPS) is 21.2. The average molecular weight is 388 g/mol. The predicted octanol–water partition coefficient (Wildman–Crippen LogP) is 0.814. The molecule has 0 atom stereocenters. The fraction of sp³-hybridized carbons (Fsp3) is 0.684. The molecule has 0 aliphatic carbocycles. The van der Waals surface area contributed by atoms with Crippen molar-refractivity contribution in [2.45, 2.75) is 19.8 Å². The van der Waals surface area contributed by atoms with E-state index in [1.54, 1.807) is 4.90 Å². The van der Waals surface area contributed by atoms with Crippen LogP contribution in [0.4, 0.5) is 16.4 Å². The van der Waals surface area contributed by atoms with Gasteiger partial charge in [0, 0.05) is 39.3 Å². The van der Waals surface area contributed by atoms with Crippen LogP contribution in [0.2, 0.25) is 0 Å². The van der Waals surface area contributed by atoms with E-state index < -0.39 is 6.09 Å². The van der Waals surface area contributed by atoms with Crippen LogP contribution in [0.15, 0.2) is 12.1 Å². The SMILES string of the molecule is CC1CCN(c2ccc(N3CCN(C(=O)CN4CCOC4=O)CC3)nn2)CC1. The van der Waals surface area contributed by atoms with Gasteiger partial charge in [-0.1, -0.05) is 6.92 Å². The highest BCUT2D eigenvalue weighted by atomic mass is 16.6. The Labute approximate surface area is 165 Å². The van der Waals surface area contributed by atoms with Crippen molar-refractivity contribution in [3.8, 4) is 0 Å². The summed E-state index contributed by atoms with van der Waals surface area (Å²) < 4.78 is 4.88. The van der Waals surface area contributed by atoms with Crippen LogP contribution in [0, 0.1) is 5.92 Å². The van der Waals surface area contributed by atoms with Gasteiger partial charge in [-0.25, -0.2) is 4.79 Å². The summed E-state index contributed by atoms with van der Waals surface area (Å²) in [5.74, 6) is 2.56. The van der Waals surface area contributed by atoms with Gasteiger partial charge < -0.3 is 19.4 Å². The minimum absolute atomic E-state index is 0.0285. The molecule has 1 aromatic rings. The molecule has 4 heterocycles. The molecule has 0 N–H and O–H groups in total. The molecule has 28 heavy (non-hydrogen) atoms. The third-order valence-corrected chi connectivity index (χ3v) is 5.87. The maximum absolute atomic E-state index is 12.4. The van der Waals surface area contributed by atoms with E-state index in [9.17, 15) is 9.59 Å².